The summed E-state index contributed by atoms with van der Waals surface area (Å²) < 4.78 is 7.34. The van der Waals surface area contributed by atoms with Gasteiger partial charge in [0.1, 0.15) is 5.75 Å². The fraction of sp³-hybridized carbons (Fsp3) is 0.118. The van der Waals surface area contributed by atoms with Crippen LogP contribution in [0.3, 0.4) is 0 Å². The van der Waals surface area contributed by atoms with E-state index in [1.54, 1.807) is 31.5 Å². The van der Waals surface area contributed by atoms with Crippen LogP contribution in [0.5, 0.6) is 5.75 Å². The minimum Gasteiger partial charge on any atom is -0.508 e. The summed E-state index contributed by atoms with van der Waals surface area (Å²) in [5.74, 6) is 2.41. The molecule has 0 bridgehead atoms. The van der Waals surface area contributed by atoms with E-state index in [4.69, 9.17) is 4.42 Å². The van der Waals surface area contributed by atoms with Crippen molar-refractivity contribution in [2.24, 2.45) is 0 Å². The van der Waals surface area contributed by atoms with E-state index in [9.17, 15) is 5.11 Å². The Balaban J connectivity index is 1.73. The highest BCUT2D eigenvalue weighted by molar-refractivity contribution is 7.98. The smallest absolute Gasteiger partial charge is 0.226 e. The van der Waals surface area contributed by atoms with Crippen LogP contribution < -0.4 is 0 Å². The molecule has 26 heavy (non-hydrogen) atoms. The number of hydrogen-bond donors (Lipinski definition) is 1. The Morgan fingerprint density at radius 1 is 1.00 bits per heavy atom. The third-order valence-corrected chi connectivity index (χ3v) is 4.49. The third-order valence-electron chi connectivity index (χ3n) is 3.57. The second kappa shape index (κ2) is 6.96. The first kappa shape index (κ1) is 16.3. The standard InChI is InChI=1S/C17H14N6O2S/c1-11-19-20-15(25-11)10-26-17-22-21-16(12-6-8-18-9-7-12)23(17)13-2-4-14(24)5-3-13/h2-9,24H,10H2,1H3. The van der Waals surface area contributed by atoms with Crippen molar-refractivity contribution in [1.29, 1.82) is 0 Å². The van der Waals surface area contributed by atoms with Crippen LogP contribution in [0.1, 0.15) is 11.8 Å². The van der Waals surface area contributed by atoms with Crippen molar-refractivity contribution in [2.45, 2.75) is 17.8 Å². The molecular formula is C17H14N6O2S. The molecule has 4 aromatic rings. The summed E-state index contributed by atoms with van der Waals surface area (Å²) in [7, 11) is 0. The number of nitrogens with zero attached hydrogens (tertiary/aromatic N) is 6. The Labute approximate surface area is 152 Å². The molecule has 0 unspecified atom stereocenters. The van der Waals surface area contributed by atoms with Crippen molar-refractivity contribution >= 4 is 11.8 Å². The first-order chi connectivity index (χ1) is 12.7. The molecule has 0 amide bonds. The van der Waals surface area contributed by atoms with Gasteiger partial charge in [0.25, 0.3) is 0 Å². The molecule has 4 rings (SSSR count). The van der Waals surface area contributed by atoms with Gasteiger partial charge in [-0.2, -0.15) is 0 Å². The summed E-state index contributed by atoms with van der Waals surface area (Å²) in [6.45, 7) is 1.75. The molecule has 8 nitrogen and oxygen atoms in total. The number of phenolic OH excluding ortho intramolecular Hbond substituents is 1. The van der Waals surface area contributed by atoms with Gasteiger partial charge in [0.2, 0.25) is 11.8 Å². The fourth-order valence-corrected chi connectivity index (χ4v) is 3.20. The second-order valence-electron chi connectivity index (χ2n) is 5.40. The van der Waals surface area contributed by atoms with Crippen LogP contribution in [0.4, 0.5) is 0 Å². The SMILES string of the molecule is Cc1nnc(CSc2nnc(-c3ccncc3)n2-c2ccc(O)cc2)o1. The topological polar surface area (TPSA) is 103 Å². The van der Waals surface area contributed by atoms with Crippen molar-refractivity contribution in [3.63, 3.8) is 0 Å². The van der Waals surface area contributed by atoms with Crippen LogP contribution in [0.15, 0.2) is 58.4 Å². The largest absolute Gasteiger partial charge is 0.508 e. The molecule has 0 atom stereocenters. The van der Waals surface area contributed by atoms with Crippen LogP contribution in [-0.2, 0) is 5.75 Å². The van der Waals surface area contributed by atoms with Crippen molar-refractivity contribution in [3.8, 4) is 22.8 Å². The maximum atomic E-state index is 9.58. The van der Waals surface area contributed by atoms with Crippen molar-refractivity contribution in [3.05, 3.63) is 60.6 Å². The van der Waals surface area contributed by atoms with Gasteiger partial charge in [-0.15, -0.1) is 20.4 Å². The van der Waals surface area contributed by atoms with E-state index in [0.29, 0.717) is 28.5 Å². The number of aromatic nitrogens is 6. The van der Waals surface area contributed by atoms with Crippen LogP contribution in [0.25, 0.3) is 17.1 Å². The Morgan fingerprint density at radius 2 is 1.77 bits per heavy atom. The van der Waals surface area contributed by atoms with E-state index in [-0.39, 0.29) is 5.75 Å². The monoisotopic (exact) mass is 366 g/mol. The van der Waals surface area contributed by atoms with Gasteiger partial charge in [0.15, 0.2) is 11.0 Å². The molecule has 0 aliphatic carbocycles. The summed E-state index contributed by atoms with van der Waals surface area (Å²) in [6.07, 6.45) is 3.42. The minimum absolute atomic E-state index is 0.197. The molecule has 0 fully saturated rings. The Bertz CT molecular complexity index is 1010. The lowest BCUT2D eigenvalue weighted by Gasteiger charge is -2.10. The zero-order valence-corrected chi connectivity index (χ0v) is 14.6. The second-order valence-corrected chi connectivity index (χ2v) is 6.34. The Morgan fingerprint density at radius 3 is 2.46 bits per heavy atom. The molecule has 9 heteroatoms. The molecular weight excluding hydrogens is 352 g/mol. The number of rotatable bonds is 5. The predicted octanol–water partition coefficient (Wildman–Crippen LogP) is 3.02. The normalized spacial score (nSPS) is 11.0. The summed E-state index contributed by atoms with van der Waals surface area (Å²) in [6, 6.07) is 10.6. The molecule has 3 heterocycles. The number of benzene rings is 1. The maximum Gasteiger partial charge on any atom is 0.226 e. The third kappa shape index (κ3) is 3.29. The molecule has 0 aliphatic rings. The van der Waals surface area contributed by atoms with E-state index in [1.165, 1.54) is 11.8 Å². The average molecular weight is 366 g/mol. The minimum atomic E-state index is 0.197. The van der Waals surface area contributed by atoms with E-state index in [1.807, 2.05) is 28.8 Å². The number of phenols is 1. The highest BCUT2D eigenvalue weighted by Gasteiger charge is 2.17. The molecule has 0 radical (unpaired) electrons. The van der Waals surface area contributed by atoms with Gasteiger partial charge in [0, 0.05) is 30.6 Å². The van der Waals surface area contributed by atoms with Crippen molar-refractivity contribution in [1.82, 2.24) is 29.9 Å². The molecule has 0 saturated heterocycles. The summed E-state index contributed by atoms with van der Waals surface area (Å²) in [5, 5.41) is 26.8. The first-order valence-electron chi connectivity index (χ1n) is 7.78. The lowest BCUT2D eigenvalue weighted by atomic mass is 10.2. The molecule has 0 spiro atoms. The number of aromatic hydroxyl groups is 1. The summed E-state index contributed by atoms with van der Waals surface area (Å²) in [5.41, 5.74) is 1.73. The van der Waals surface area contributed by atoms with E-state index < -0.39 is 0 Å². The van der Waals surface area contributed by atoms with Gasteiger partial charge in [-0.05, 0) is 36.4 Å². The van der Waals surface area contributed by atoms with Gasteiger partial charge >= 0.3 is 0 Å². The van der Waals surface area contributed by atoms with Crippen molar-refractivity contribution in [2.75, 3.05) is 0 Å². The van der Waals surface area contributed by atoms with E-state index >= 15 is 0 Å². The number of pyridine rings is 1. The summed E-state index contributed by atoms with van der Waals surface area (Å²) in [4.78, 5) is 4.05. The van der Waals surface area contributed by atoms with Crippen LogP contribution in [-0.4, -0.2) is 35.1 Å². The van der Waals surface area contributed by atoms with Gasteiger partial charge < -0.3 is 9.52 Å². The maximum absolute atomic E-state index is 9.58. The zero-order chi connectivity index (χ0) is 17.9. The van der Waals surface area contributed by atoms with Crippen molar-refractivity contribution < 1.29 is 9.52 Å². The fourth-order valence-electron chi connectivity index (χ4n) is 2.41. The predicted molar refractivity (Wildman–Crippen MR) is 94.9 cm³/mol. The van der Waals surface area contributed by atoms with E-state index in [2.05, 4.69) is 25.4 Å². The quantitative estimate of drug-likeness (QED) is 0.538. The van der Waals surface area contributed by atoms with Gasteiger partial charge in [-0.1, -0.05) is 11.8 Å². The lowest BCUT2D eigenvalue weighted by molar-refractivity contribution is 0.475. The number of thioether (sulfide) groups is 1. The lowest BCUT2D eigenvalue weighted by Crippen LogP contribution is -1.99. The van der Waals surface area contributed by atoms with Gasteiger partial charge in [0.05, 0.1) is 5.75 Å². The highest BCUT2D eigenvalue weighted by atomic mass is 32.2. The number of aryl methyl sites for hydroxylation is 1. The molecule has 1 N–H and O–H groups in total. The summed E-state index contributed by atoms with van der Waals surface area (Å²) >= 11 is 1.44. The molecule has 130 valence electrons. The molecule has 0 saturated carbocycles. The Hall–Kier alpha value is -3.20. The van der Waals surface area contributed by atoms with Gasteiger partial charge in [-0.25, -0.2) is 0 Å². The molecule has 1 aromatic carbocycles. The molecule has 3 aromatic heterocycles. The zero-order valence-electron chi connectivity index (χ0n) is 13.8. The first-order valence-corrected chi connectivity index (χ1v) is 8.76. The average Bonchev–Trinajstić information content (AvgIpc) is 3.27. The molecule has 0 aliphatic heterocycles. The van der Waals surface area contributed by atoms with Crippen LogP contribution in [0, 0.1) is 6.92 Å². The number of hydrogen-bond acceptors (Lipinski definition) is 8. The van der Waals surface area contributed by atoms with Gasteiger partial charge in [-0.3, -0.25) is 9.55 Å². The highest BCUT2D eigenvalue weighted by Crippen LogP contribution is 2.29. The Kier molecular flexibility index (Phi) is 4.36. The van der Waals surface area contributed by atoms with Crippen LogP contribution >= 0.6 is 11.8 Å². The van der Waals surface area contributed by atoms with E-state index in [0.717, 1.165) is 11.3 Å². The van der Waals surface area contributed by atoms with Crippen LogP contribution in [0.2, 0.25) is 0 Å².